The third-order valence-corrected chi connectivity index (χ3v) is 3.53. The summed E-state index contributed by atoms with van der Waals surface area (Å²) in [4.78, 5) is 2.14. The number of anilines is 2. The van der Waals surface area contributed by atoms with Crippen LogP contribution in [0, 0.1) is 5.82 Å². The normalized spacial score (nSPS) is 12.2. The third-order valence-electron chi connectivity index (χ3n) is 3.53. The molecule has 0 aromatic heterocycles. The molecule has 2 aromatic carbocycles. The zero-order chi connectivity index (χ0) is 15.2. The van der Waals surface area contributed by atoms with Gasteiger partial charge in [0.15, 0.2) is 0 Å². The molecule has 1 N–H and O–H groups in total. The predicted octanol–water partition coefficient (Wildman–Crippen LogP) is 4.82. The summed E-state index contributed by atoms with van der Waals surface area (Å²) in [5, 5.41) is 9.96. The van der Waals surface area contributed by atoms with Crippen molar-refractivity contribution in [2.45, 2.75) is 32.8 Å². The van der Waals surface area contributed by atoms with Gasteiger partial charge in [-0.25, -0.2) is 4.39 Å². The van der Waals surface area contributed by atoms with Gasteiger partial charge in [-0.3, -0.25) is 0 Å². The Labute approximate surface area is 125 Å². The summed E-state index contributed by atoms with van der Waals surface area (Å²) in [6.45, 7) is 4.65. The fourth-order valence-electron chi connectivity index (χ4n) is 2.42. The summed E-state index contributed by atoms with van der Waals surface area (Å²) in [7, 11) is 0. The second-order valence-electron chi connectivity index (χ2n) is 5.22. The van der Waals surface area contributed by atoms with Gasteiger partial charge in [-0.05, 0) is 43.7 Å². The Morgan fingerprint density at radius 3 is 2.48 bits per heavy atom. The predicted molar refractivity (Wildman–Crippen MR) is 85.4 cm³/mol. The first-order chi connectivity index (χ1) is 10.1. The van der Waals surface area contributed by atoms with Gasteiger partial charge < -0.3 is 10.0 Å². The fraction of sp³-hybridized carbons (Fsp3) is 0.333. The first-order valence-electron chi connectivity index (χ1n) is 7.43. The molecular weight excluding hydrogens is 265 g/mol. The van der Waals surface area contributed by atoms with E-state index in [1.165, 1.54) is 12.1 Å². The summed E-state index contributed by atoms with van der Waals surface area (Å²) in [6, 6.07) is 14.6. The SMILES string of the molecule is CCCCN(c1ccccc1)c1ccc(F)cc1[C@@H](C)O. The van der Waals surface area contributed by atoms with E-state index in [0.29, 0.717) is 5.56 Å². The van der Waals surface area contributed by atoms with Crippen LogP contribution in [0.2, 0.25) is 0 Å². The van der Waals surface area contributed by atoms with Gasteiger partial charge in [0.25, 0.3) is 0 Å². The van der Waals surface area contributed by atoms with Crippen LogP contribution in [0.15, 0.2) is 48.5 Å². The highest BCUT2D eigenvalue weighted by molar-refractivity contribution is 5.66. The molecule has 0 fully saturated rings. The molecule has 3 heteroatoms. The highest BCUT2D eigenvalue weighted by Gasteiger charge is 2.16. The maximum Gasteiger partial charge on any atom is 0.123 e. The number of halogens is 1. The van der Waals surface area contributed by atoms with Crippen LogP contribution in [0.4, 0.5) is 15.8 Å². The van der Waals surface area contributed by atoms with Crippen molar-refractivity contribution in [2.75, 3.05) is 11.4 Å². The van der Waals surface area contributed by atoms with Gasteiger partial charge in [0, 0.05) is 23.5 Å². The highest BCUT2D eigenvalue weighted by Crippen LogP contribution is 2.32. The van der Waals surface area contributed by atoms with E-state index >= 15 is 0 Å². The Hall–Kier alpha value is -1.87. The average Bonchev–Trinajstić information content (AvgIpc) is 2.49. The molecule has 0 unspecified atom stereocenters. The topological polar surface area (TPSA) is 23.5 Å². The first-order valence-corrected chi connectivity index (χ1v) is 7.43. The summed E-state index contributed by atoms with van der Waals surface area (Å²) >= 11 is 0. The van der Waals surface area contributed by atoms with Gasteiger partial charge in [-0.1, -0.05) is 31.5 Å². The largest absolute Gasteiger partial charge is 0.389 e. The Balaban J connectivity index is 2.46. The van der Waals surface area contributed by atoms with E-state index in [9.17, 15) is 9.50 Å². The minimum atomic E-state index is -0.705. The lowest BCUT2D eigenvalue weighted by Crippen LogP contribution is -2.20. The van der Waals surface area contributed by atoms with Crippen LogP contribution in [0.1, 0.15) is 38.4 Å². The van der Waals surface area contributed by atoms with Crippen molar-refractivity contribution in [3.63, 3.8) is 0 Å². The van der Waals surface area contributed by atoms with Crippen molar-refractivity contribution in [2.24, 2.45) is 0 Å². The second-order valence-corrected chi connectivity index (χ2v) is 5.22. The summed E-state index contributed by atoms with van der Waals surface area (Å²) < 4.78 is 13.5. The monoisotopic (exact) mass is 287 g/mol. The van der Waals surface area contributed by atoms with Gasteiger partial charge >= 0.3 is 0 Å². The number of unbranched alkanes of at least 4 members (excludes halogenated alkanes) is 1. The molecule has 2 aromatic rings. The van der Waals surface area contributed by atoms with Crippen molar-refractivity contribution in [3.8, 4) is 0 Å². The summed E-state index contributed by atoms with van der Waals surface area (Å²) in [5.41, 5.74) is 2.54. The van der Waals surface area contributed by atoms with Gasteiger partial charge in [0.2, 0.25) is 0 Å². The Kier molecular flexibility index (Phi) is 5.34. The van der Waals surface area contributed by atoms with E-state index in [1.807, 2.05) is 30.3 Å². The van der Waals surface area contributed by atoms with E-state index in [-0.39, 0.29) is 5.82 Å². The molecule has 0 spiro atoms. The molecule has 0 radical (unpaired) electrons. The number of aliphatic hydroxyl groups excluding tert-OH is 1. The van der Waals surface area contributed by atoms with Gasteiger partial charge in [0.05, 0.1) is 6.10 Å². The Morgan fingerprint density at radius 1 is 1.14 bits per heavy atom. The molecule has 0 amide bonds. The number of hydrogen-bond acceptors (Lipinski definition) is 2. The molecule has 0 aliphatic carbocycles. The molecule has 112 valence electrons. The standard InChI is InChI=1S/C18H22FNO/c1-3-4-12-20(16-8-6-5-7-9-16)18-11-10-15(19)13-17(18)14(2)21/h5-11,13-14,21H,3-4,12H2,1-2H3/t14-/m1/s1. The molecule has 1 atom stereocenters. The van der Waals surface area contributed by atoms with E-state index in [1.54, 1.807) is 13.0 Å². The molecule has 0 saturated heterocycles. The van der Waals surface area contributed by atoms with Crippen molar-refractivity contribution < 1.29 is 9.50 Å². The van der Waals surface area contributed by atoms with Crippen molar-refractivity contribution >= 4 is 11.4 Å². The Morgan fingerprint density at radius 2 is 1.86 bits per heavy atom. The van der Waals surface area contributed by atoms with Crippen molar-refractivity contribution in [1.82, 2.24) is 0 Å². The van der Waals surface area contributed by atoms with Crippen molar-refractivity contribution in [1.29, 1.82) is 0 Å². The van der Waals surface area contributed by atoms with Crippen LogP contribution in [-0.2, 0) is 0 Å². The van der Waals surface area contributed by atoms with E-state index < -0.39 is 6.10 Å². The van der Waals surface area contributed by atoms with Crippen LogP contribution < -0.4 is 4.90 Å². The number of aliphatic hydroxyl groups is 1. The van der Waals surface area contributed by atoms with E-state index in [4.69, 9.17) is 0 Å². The molecule has 2 rings (SSSR count). The Bertz CT molecular complexity index is 569. The first kappa shape index (κ1) is 15.5. The lowest BCUT2D eigenvalue weighted by molar-refractivity contribution is 0.199. The maximum atomic E-state index is 13.5. The zero-order valence-corrected chi connectivity index (χ0v) is 12.6. The van der Waals surface area contributed by atoms with Crippen molar-refractivity contribution in [3.05, 3.63) is 59.9 Å². The van der Waals surface area contributed by atoms with Crippen LogP contribution >= 0.6 is 0 Å². The average molecular weight is 287 g/mol. The molecule has 0 saturated carbocycles. The van der Waals surface area contributed by atoms with Gasteiger partial charge in [-0.2, -0.15) is 0 Å². The number of nitrogens with zero attached hydrogens (tertiary/aromatic N) is 1. The summed E-state index contributed by atoms with van der Waals surface area (Å²) in [6.07, 6.45) is 1.41. The minimum Gasteiger partial charge on any atom is -0.389 e. The fourth-order valence-corrected chi connectivity index (χ4v) is 2.42. The van der Waals surface area contributed by atoms with Crippen LogP contribution in [0.5, 0.6) is 0 Å². The van der Waals surface area contributed by atoms with Crippen LogP contribution in [0.3, 0.4) is 0 Å². The highest BCUT2D eigenvalue weighted by atomic mass is 19.1. The lowest BCUT2D eigenvalue weighted by atomic mass is 10.1. The smallest absolute Gasteiger partial charge is 0.123 e. The van der Waals surface area contributed by atoms with Gasteiger partial charge in [-0.15, -0.1) is 0 Å². The molecule has 0 aliphatic heterocycles. The minimum absolute atomic E-state index is 0.321. The second kappa shape index (κ2) is 7.23. The lowest BCUT2D eigenvalue weighted by Gasteiger charge is -2.28. The number of benzene rings is 2. The van der Waals surface area contributed by atoms with Gasteiger partial charge in [0.1, 0.15) is 5.82 Å². The van der Waals surface area contributed by atoms with Crippen LogP contribution in [0.25, 0.3) is 0 Å². The molecule has 0 heterocycles. The molecule has 21 heavy (non-hydrogen) atoms. The number of para-hydroxylation sites is 1. The van der Waals surface area contributed by atoms with E-state index in [0.717, 1.165) is 30.8 Å². The van der Waals surface area contributed by atoms with E-state index in [2.05, 4.69) is 11.8 Å². The molecule has 0 bridgehead atoms. The number of rotatable bonds is 6. The quantitative estimate of drug-likeness (QED) is 0.823. The molecular formula is C18H22FNO. The van der Waals surface area contributed by atoms with Crippen LogP contribution in [-0.4, -0.2) is 11.7 Å². The molecule has 2 nitrogen and oxygen atoms in total. The zero-order valence-electron chi connectivity index (χ0n) is 12.6. The third kappa shape index (κ3) is 3.82. The molecule has 0 aliphatic rings. The summed E-state index contributed by atoms with van der Waals surface area (Å²) in [5.74, 6) is -0.321. The number of hydrogen-bond donors (Lipinski definition) is 1. The maximum absolute atomic E-state index is 13.5.